The first-order chi connectivity index (χ1) is 5.36. The molecule has 0 aliphatic carbocycles. The lowest BCUT2D eigenvalue weighted by Gasteiger charge is -1.96. The SMILES string of the molecule is COCc1ccc(C#N)cn1. The zero-order chi connectivity index (χ0) is 8.10. The fraction of sp³-hybridized carbons (Fsp3) is 0.250. The quantitative estimate of drug-likeness (QED) is 0.630. The normalized spacial score (nSPS) is 9.09. The number of pyridine rings is 1. The maximum atomic E-state index is 8.44. The summed E-state index contributed by atoms with van der Waals surface area (Å²) in [5, 5.41) is 8.44. The largest absolute Gasteiger partial charge is 0.378 e. The van der Waals surface area contributed by atoms with Crippen molar-refractivity contribution in [1.82, 2.24) is 4.98 Å². The van der Waals surface area contributed by atoms with Crippen LogP contribution in [0, 0.1) is 11.3 Å². The number of hydrogen-bond acceptors (Lipinski definition) is 3. The van der Waals surface area contributed by atoms with Gasteiger partial charge < -0.3 is 4.74 Å². The predicted octanol–water partition coefficient (Wildman–Crippen LogP) is 1.10. The smallest absolute Gasteiger partial charge is 0.101 e. The van der Waals surface area contributed by atoms with E-state index < -0.39 is 0 Å². The Morgan fingerprint density at radius 2 is 2.45 bits per heavy atom. The van der Waals surface area contributed by atoms with Crippen LogP contribution in [0.4, 0.5) is 0 Å². The van der Waals surface area contributed by atoms with Crippen LogP contribution >= 0.6 is 0 Å². The summed E-state index contributed by atoms with van der Waals surface area (Å²) in [6, 6.07) is 5.50. The van der Waals surface area contributed by atoms with Crippen LogP contribution in [-0.2, 0) is 11.3 Å². The third-order valence-corrected chi connectivity index (χ3v) is 1.25. The molecule has 0 unspecified atom stereocenters. The van der Waals surface area contributed by atoms with E-state index in [9.17, 15) is 0 Å². The van der Waals surface area contributed by atoms with E-state index in [1.54, 1.807) is 19.2 Å². The molecule has 0 N–H and O–H groups in total. The van der Waals surface area contributed by atoms with Crippen molar-refractivity contribution in [3.05, 3.63) is 29.6 Å². The van der Waals surface area contributed by atoms with Crippen molar-refractivity contribution < 1.29 is 4.74 Å². The van der Waals surface area contributed by atoms with Gasteiger partial charge in [0.2, 0.25) is 0 Å². The van der Waals surface area contributed by atoms with Crippen LogP contribution in [0.25, 0.3) is 0 Å². The summed E-state index contributed by atoms with van der Waals surface area (Å²) in [5.41, 5.74) is 1.41. The van der Waals surface area contributed by atoms with Gasteiger partial charge in [-0.25, -0.2) is 0 Å². The van der Waals surface area contributed by atoms with Gasteiger partial charge in [0.15, 0.2) is 0 Å². The van der Waals surface area contributed by atoms with E-state index in [1.807, 2.05) is 6.07 Å². The molecule has 0 aromatic carbocycles. The van der Waals surface area contributed by atoms with Gasteiger partial charge in [-0.15, -0.1) is 0 Å². The van der Waals surface area contributed by atoms with E-state index >= 15 is 0 Å². The molecule has 56 valence electrons. The highest BCUT2D eigenvalue weighted by Gasteiger charge is 1.92. The molecular weight excluding hydrogens is 140 g/mol. The van der Waals surface area contributed by atoms with Crippen molar-refractivity contribution in [3.63, 3.8) is 0 Å². The number of rotatable bonds is 2. The molecular formula is C8H8N2O. The number of hydrogen-bond donors (Lipinski definition) is 0. The number of methoxy groups -OCH3 is 1. The third-order valence-electron chi connectivity index (χ3n) is 1.25. The van der Waals surface area contributed by atoms with Crippen LogP contribution in [0.1, 0.15) is 11.3 Å². The summed E-state index contributed by atoms with van der Waals surface area (Å²) in [4.78, 5) is 3.99. The molecule has 0 atom stereocenters. The molecule has 1 rings (SSSR count). The van der Waals surface area contributed by atoms with Gasteiger partial charge in [0.1, 0.15) is 6.07 Å². The van der Waals surface area contributed by atoms with Crippen LogP contribution in [0.2, 0.25) is 0 Å². The van der Waals surface area contributed by atoms with E-state index in [2.05, 4.69) is 4.98 Å². The van der Waals surface area contributed by atoms with E-state index in [4.69, 9.17) is 10.00 Å². The summed E-state index contributed by atoms with van der Waals surface area (Å²) in [6.45, 7) is 0.492. The van der Waals surface area contributed by atoms with Crippen molar-refractivity contribution >= 4 is 0 Å². The first-order valence-electron chi connectivity index (χ1n) is 3.21. The van der Waals surface area contributed by atoms with Crippen molar-refractivity contribution in [3.8, 4) is 6.07 Å². The number of nitrogens with zero attached hydrogens (tertiary/aromatic N) is 2. The van der Waals surface area contributed by atoms with Crippen molar-refractivity contribution in [2.24, 2.45) is 0 Å². The summed E-state index contributed by atoms with van der Waals surface area (Å²) in [5.74, 6) is 0. The maximum Gasteiger partial charge on any atom is 0.101 e. The zero-order valence-electron chi connectivity index (χ0n) is 6.24. The van der Waals surface area contributed by atoms with Crippen LogP contribution in [0.15, 0.2) is 18.3 Å². The van der Waals surface area contributed by atoms with Gasteiger partial charge >= 0.3 is 0 Å². The molecule has 0 aliphatic heterocycles. The van der Waals surface area contributed by atoms with Gasteiger partial charge in [-0.3, -0.25) is 4.98 Å². The number of ether oxygens (including phenoxy) is 1. The molecule has 0 saturated heterocycles. The molecule has 0 spiro atoms. The van der Waals surface area contributed by atoms with Gasteiger partial charge in [0, 0.05) is 13.3 Å². The second kappa shape index (κ2) is 3.69. The van der Waals surface area contributed by atoms with E-state index in [0.717, 1.165) is 5.69 Å². The molecule has 0 radical (unpaired) electrons. The Balaban J connectivity index is 2.76. The molecule has 0 bridgehead atoms. The summed E-state index contributed by atoms with van der Waals surface area (Å²) < 4.78 is 4.86. The minimum atomic E-state index is 0.492. The van der Waals surface area contributed by atoms with Gasteiger partial charge in [0.25, 0.3) is 0 Å². The summed E-state index contributed by atoms with van der Waals surface area (Å²) in [6.07, 6.45) is 1.54. The first-order valence-corrected chi connectivity index (χ1v) is 3.21. The molecule has 0 fully saturated rings. The van der Waals surface area contributed by atoms with Gasteiger partial charge in [0.05, 0.1) is 17.9 Å². The Labute approximate surface area is 65.3 Å². The first kappa shape index (κ1) is 7.70. The Morgan fingerprint density at radius 3 is 2.91 bits per heavy atom. The average Bonchev–Trinajstić information content (AvgIpc) is 2.07. The van der Waals surface area contributed by atoms with Crippen molar-refractivity contribution in [2.45, 2.75) is 6.61 Å². The van der Waals surface area contributed by atoms with Crippen molar-refractivity contribution in [2.75, 3.05) is 7.11 Å². The van der Waals surface area contributed by atoms with Crippen molar-refractivity contribution in [1.29, 1.82) is 5.26 Å². The summed E-state index contributed by atoms with van der Waals surface area (Å²) >= 11 is 0. The second-order valence-corrected chi connectivity index (χ2v) is 2.08. The average molecular weight is 148 g/mol. The lowest BCUT2D eigenvalue weighted by molar-refractivity contribution is 0.181. The molecule has 0 aliphatic rings. The molecule has 1 aromatic rings. The van der Waals surface area contributed by atoms with E-state index in [1.165, 1.54) is 6.20 Å². The van der Waals surface area contributed by atoms with Crippen LogP contribution in [0.5, 0.6) is 0 Å². The predicted molar refractivity (Wildman–Crippen MR) is 39.7 cm³/mol. The van der Waals surface area contributed by atoms with E-state index in [0.29, 0.717) is 12.2 Å². The van der Waals surface area contributed by atoms with Gasteiger partial charge in [-0.05, 0) is 12.1 Å². The Morgan fingerprint density at radius 1 is 1.64 bits per heavy atom. The standard InChI is InChI=1S/C8H8N2O/c1-11-6-8-3-2-7(4-9)5-10-8/h2-3,5H,6H2,1H3. The molecule has 0 saturated carbocycles. The molecule has 11 heavy (non-hydrogen) atoms. The fourth-order valence-electron chi connectivity index (χ4n) is 0.724. The van der Waals surface area contributed by atoms with Crippen LogP contribution in [-0.4, -0.2) is 12.1 Å². The van der Waals surface area contributed by atoms with Crippen LogP contribution in [0.3, 0.4) is 0 Å². The fourth-order valence-corrected chi connectivity index (χ4v) is 0.724. The van der Waals surface area contributed by atoms with Crippen LogP contribution < -0.4 is 0 Å². The Kier molecular flexibility index (Phi) is 2.59. The third kappa shape index (κ3) is 2.03. The molecule has 3 heteroatoms. The second-order valence-electron chi connectivity index (χ2n) is 2.08. The molecule has 0 amide bonds. The van der Waals surface area contributed by atoms with E-state index in [-0.39, 0.29) is 0 Å². The highest BCUT2D eigenvalue weighted by Crippen LogP contribution is 1.99. The minimum Gasteiger partial charge on any atom is -0.378 e. The highest BCUT2D eigenvalue weighted by molar-refractivity contribution is 5.26. The minimum absolute atomic E-state index is 0.492. The van der Waals surface area contributed by atoms with Gasteiger partial charge in [-0.1, -0.05) is 0 Å². The molecule has 1 aromatic heterocycles. The Bertz CT molecular complexity index is 260. The summed E-state index contributed by atoms with van der Waals surface area (Å²) in [7, 11) is 1.61. The Hall–Kier alpha value is -1.40. The topological polar surface area (TPSA) is 45.9 Å². The highest BCUT2D eigenvalue weighted by atomic mass is 16.5. The molecule has 3 nitrogen and oxygen atoms in total. The zero-order valence-corrected chi connectivity index (χ0v) is 6.24. The number of aromatic nitrogens is 1. The van der Waals surface area contributed by atoms with Gasteiger partial charge in [-0.2, -0.15) is 5.26 Å². The lowest BCUT2D eigenvalue weighted by atomic mass is 10.3. The monoisotopic (exact) mass is 148 g/mol. The molecule has 1 heterocycles. The number of nitriles is 1. The lowest BCUT2D eigenvalue weighted by Crippen LogP contribution is -1.91. The maximum absolute atomic E-state index is 8.44.